The summed E-state index contributed by atoms with van der Waals surface area (Å²) < 4.78 is 4.93. The van der Waals surface area contributed by atoms with Crippen LogP contribution in [0.4, 0.5) is 0 Å². The van der Waals surface area contributed by atoms with Crippen molar-refractivity contribution in [3.05, 3.63) is 0 Å². The van der Waals surface area contributed by atoms with Crippen LogP contribution in [0.1, 0.15) is 6.42 Å². The zero-order valence-electron chi connectivity index (χ0n) is 9.11. The van der Waals surface area contributed by atoms with E-state index in [2.05, 4.69) is 5.32 Å². The molecule has 1 aliphatic rings. The quantitative estimate of drug-likeness (QED) is 0.272. The maximum atomic E-state index is 10.2. The summed E-state index contributed by atoms with van der Waals surface area (Å²) >= 11 is 0. The van der Waals surface area contributed by atoms with Crippen LogP contribution in [-0.4, -0.2) is 75.3 Å². The van der Waals surface area contributed by atoms with Gasteiger partial charge in [-0.25, -0.2) is 0 Å². The molecule has 0 unspecified atom stereocenters. The molecule has 0 saturated carbocycles. The predicted octanol–water partition coefficient (Wildman–Crippen LogP) is -3.15. The molecule has 1 saturated heterocycles. The van der Waals surface area contributed by atoms with Crippen LogP contribution in [0, 0.1) is 0 Å². The van der Waals surface area contributed by atoms with Crippen LogP contribution >= 0.6 is 0 Å². The van der Waals surface area contributed by atoms with E-state index in [0.29, 0.717) is 0 Å². The van der Waals surface area contributed by atoms with E-state index in [1.165, 1.54) is 0 Å². The molecule has 4 atom stereocenters. The Bertz CT molecular complexity index is 274. The fourth-order valence-corrected chi connectivity index (χ4v) is 1.60. The molecule has 1 fully saturated rings. The minimum atomic E-state index is -2.17. The lowest BCUT2D eigenvalue weighted by Crippen LogP contribution is -2.46. The van der Waals surface area contributed by atoms with Crippen LogP contribution in [0.5, 0.6) is 0 Å². The lowest BCUT2D eigenvalue weighted by atomic mass is 10.1. The zero-order valence-corrected chi connectivity index (χ0v) is 9.11. The molecule has 0 aromatic carbocycles. The van der Waals surface area contributed by atoms with Gasteiger partial charge in [0.15, 0.2) is 0 Å². The van der Waals surface area contributed by atoms with Gasteiger partial charge in [0, 0.05) is 13.1 Å². The smallest absolute Gasteiger partial charge is 0.304 e. The van der Waals surface area contributed by atoms with Gasteiger partial charge in [-0.2, -0.15) is 0 Å². The SMILES string of the molecule is O=C(O)CCNC[C@H]1O[C@@](O)(CO)[C@H](O)[C@H]1O. The molecule has 100 valence electrons. The topological polar surface area (TPSA) is 139 Å². The number of nitrogens with one attached hydrogen (secondary N) is 1. The number of aliphatic carboxylic acids is 1. The summed E-state index contributed by atoms with van der Waals surface area (Å²) in [6.07, 6.45) is -3.94. The predicted molar refractivity (Wildman–Crippen MR) is 54.0 cm³/mol. The molecule has 8 nitrogen and oxygen atoms in total. The van der Waals surface area contributed by atoms with Gasteiger partial charge in [-0.15, -0.1) is 0 Å². The molecule has 0 aromatic heterocycles. The summed E-state index contributed by atoms with van der Waals surface area (Å²) in [5.41, 5.74) is 0. The molecule has 8 heteroatoms. The third kappa shape index (κ3) is 3.35. The Kier molecular flexibility index (Phi) is 4.80. The van der Waals surface area contributed by atoms with Crippen LogP contribution in [0.3, 0.4) is 0 Å². The van der Waals surface area contributed by atoms with Gasteiger partial charge in [-0.1, -0.05) is 0 Å². The van der Waals surface area contributed by atoms with Gasteiger partial charge in [-0.3, -0.25) is 4.79 Å². The minimum absolute atomic E-state index is 0.0633. The maximum Gasteiger partial charge on any atom is 0.304 e. The van der Waals surface area contributed by atoms with Crippen LogP contribution < -0.4 is 5.32 Å². The molecule has 0 spiro atoms. The summed E-state index contributed by atoms with van der Waals surface area (Å²) in [7, 11) is 0. The number of aliphatic hydroxyl groups is 4. The standard InChI is InChI=1S/C9H17NO7/c11-4-9(16)8(15)7(14)5(17-9)3-10-2-1-6(12)13/h5,7-8,10-11,14-16H,1-4H2,(H,12,13)/t5-,7+,8-,9+/m1/s1. The number of carboxylic acids is 1. The monoisotopic (exact) mass is 251 g/mol. The van der Waals surface area contributed by atoms with Gasteiger partial charge in [0.1, 0.15) is 18.3 Å². The van der Waals surface area contributed by atoms with Gasteiger partial charge in [-0.05, 0) is 0 Å². The van der Waals surface area contributed by atoms with Gasteiger partial charge in [0.2, 0.25) is 5.79 Å². The summed E-state index contributed by atoms with van der Waals surface area (Å²) in [6.45, 7) is -0.597. The van der Waals surface area contributed by atoms with E-state index in [4.69, 9.17) is 14.9 Å². The Morgan fingerprint density at radius 1 is 1.41 bits per heavy atom. The van der Waals surface area contributed by atoms with E-state index in [1.54, 1.807) is 0 Å². The lowest BCUT2D eigenvalue weighted by molar-refractivity contribution is -0.245. The van der Waals surface area contributed by atoms with Crippen molar-refractivity contribution in [2.45, 2.75) is 30.5 Å². The highest BCUT2D eigenvalue weighted by Gasteiger charge is 2.52. The second-order valence-corrected chi connectivity index (χ2v) is 3.94. The highest BCUT2D eigenvalue weighted by Crippen LogP contribution is 2.28. The molecule has 1 aliphatic heterocycles. The largest absolute Gasteiger partial charge is 0.481 e. The first-order valence-electron chi connectivity index (χ1n) is 5.20. The first kappa shape index (κ1) is 14.3. The van der Waals surface area contributed by atoms with Gasteiger partial charge >= 0.3 is 5.97 Å². The van der Waals surface area contributed by atoms with E-state index < -0.39 is 36.7 Å². The average molecular weight is 251 g/mol. The first-order chi connectivity index (χ1) is 7.90. The van der Waals surface area contributed by atoms with Crippen molar-refractivity contribution >= 4 is 5.97 Å². The van der Waals surface area contributed by atoms with E-state index in [-0.39, 0.29) is 19.5 Å². The maximum absolute atomic E-state index is 10.2. The van der Waals surface area contributed by atoms with E-state index in [9.17, 15) is 20.1 Å². The molecule has 0 bridgehead atoms. The van der Waals surface area contributed by atoms with Crippen molar-refractivity contribution in [3.63, 3.8) is 0 Å². The number of carbonyl (C=O) groups is 1. The molecule has 1 heterocycles. The minimum Gasteiger partial charge on any atom is -0.481 e. The molecular weight excluding hydrogens is 234 g/mol. The second-order valence-electron chi connectivity index (χ2n) is 3.94. The number of aliphatic hydroxyl groups excluding tert-OH is 3. The number of hydrogen-bond acceptors (Lipinski definition) is 7. The molecule has 0 radical (unpaired) electrons. The van der Waals surface area contributed by atoms with Crippen molar-refractivity contribution < 1.29 is 35.1 Å². The summed E-state index contributed by atoms with van der Waals surface area (Å²) in [5.74, 6) is -3.13. The third-order valence-electron chi connectivity index (χ3n) is 2.61. The van der Waals surface area contributed by atoms with Gasteiger partial charge in [0.05, 0.1) is 13.0 Å². The Morgan fingerprint density at radius 3 is 2.53 bits per heavy atom. The van der Waals surface area contributed by atoms with Crippen molar-refractivity contribution in [2.24, 2.45) is 0 Å². The van der Waals surface area contributed by atoms with Gasteiger partial charge in [0.25, 0.3) is 0 Å². The summed E-state index contributed by atoms with van der Waals surface area (Å²) in [5, 5.41) is 48.4. The summed E-state index contributed by atoms with van der Waals surface area (Å²) in [4.78, 5) is 10.2. The van der Waals surface area contributed by atoms with Crippen LogP contribution in [0.25, 0.3) is 0 Å². The zero-order chi connectivity index (χ0) is 13.1. The Hall–Kier alpha value is -0.770. The molecule has 17 heavy (non-hydrogen) atoms. The fraction of sp³-hybridized carbons (Fsp3) is 0.889. The van der Waals surface area contributed by atoms with E-state index >= 15 is 0 Å². The highest BCUT2D eigenvalue weighted by atomic mass is 16.7. The third-order valence-corrected chi connectivity index (χ3v) is 2.61. The molecule has 0 amide bonds. The van der Waals surface area contributed by atoms with Crippen LogP contribution in [0.15, 0.2) is 0 Å². The number of ether oxygens (including phenoxy) is 1. The Balaban J connectivity index is 2.38. The second kappa shape index (κ2) is 5.71. The van der Waals surface area contributed by atoms with Crippen molar-refractivity contribution in [2.75, 3.05) is 19.7 Å². The summed E-state index contributed by atoms with van der Waals surface area (Å²) in [6, 6.07) is 0. The Labute approximate surface area is 97.4 Å². The number of carboxylic acid groups (broad SMARTS) is 1. The van der Waals surface area contributed by atoms with Crippen molar-refractivity contribution in [1.82, 2.24) is 5.32 Å². The first-order valence-corrected chi connectivity index (χ1v) is 5.20. The van der Waals surface area contributed by atoms with Crippen LogP contribution in [0.2, 0.25) is 0 Å². The number of rotatable bonds is 6. The van der Waals surface area contributed by atoms with Crippen LogP contribution in [-0.2, 0) is 9.53 Å². The fourth-order valence-electron chi connectivity index (χ4n) is 1.60. The van der Waals surface area contributed by atoms with Gasteiger partial charge < -0.3 is 35.6 Å². The molecule has 6 N–H and O–H groups in total. The molecular formula is C9H17NO7. The average Bonchev–Trinajstić information content (AvgIpc) is 2.50. The Morgan fingerprint density at radius 2 is 2.06 bits per heavy atom. The molecule has 0 aliphatic carbocycles. The van der Waals surface area contributed by atoms with E-state index in [1.807, 2.05) is 0 Å². The normalized spacial score (nSPS) is 37.3. The molecule has 0 aromatic rings. The van der Waals surface area contributed by atoms with E-state index in [0.717, 1.165) is 0 Å². The number of hydrogen-bond donors (Lipinski definition) is 6. The van der Waals surface area contributed by atoms with Crippen molar-refractivity contribution in [3.8, 4) is 0 Å². The highest BCUT2D eigenvalue weighted by molar-refractivity contribution is 5.66. The molecule has 1 rings (SSSR count). The lowest BCUT2D eigenvalue weighted by Gasteiger charge is -2.22. The van der Waals surface area contributed by atoms with Crippen molar-refractivity contribution in [1.29, 1.82) is 0 Å².